The van der Waals surface area contributed by atoms with Crippen LogP contribution in [0.4, 0.5) is 0 Å². The van der Waals surface area contributed by atoms with E-state index < -0.39 is 11.5 Å². The molecule has 7 unspecified atom stereocenters. The van der Waals surface area contributed by atoms with Gasteiger partial charge in [-0.15, -0.1) is 0 Å². The predicted octanol–water partition coefficient (Wildman–Crippen LogP) is 5.27. The van der Waals surface area contributed by atoms with Crippen molar-refractivity contribution in [1.29, 1.82) is 0 Å². The van der Waals surface area contributed by atoms with E-state index in [1.807, 2.05) is 0 Å². The molecular weight excluding hydrogens is 348 g/mol. The third-order valence-corrected chi connectivity index (χ3v) is 10.7. The van der Waals surface area contributed by atoms with Crippen LogP contribution >= 0.6 is 0 Å². The first-order valence-electron chi connectivity index (χ1n) is 11.6. The SMILES string of the molecule is CC1(C)CCCC2(C)C1CCC1(C)C2CC(O)C2(C)C3=C(CCC12)COC3=O. The zero-order valence-corrected chi connectivity index (χ0v) is 18.4. The number of aliphatic hydroxyl groups excluding tert-OH is 1. The molecule has 0 aromatic rings. The normalized spacial score (nSPS) is 52.3. The van der Waals surface area contributed by atoms with Gasteiger partial charge in [0.1, 0.15) is 6.61 Å². The fourth-order valence-corrected chi connectivity index (χ4v) is 9.56. The Morgan fingerprint density at radius 2 is 1.64 bits per heavy atom. The van der Waals surface area contributed by atoms with Crippen molar-refractivity contribution in [2.45, 2.75) is 92.1 Å². The number of esters is 1. The molecular formula is C25H38O3. The van der Waals surface area contributed by atoms with E-state index in [1.54, 1.807) is 0 Å². The molecule has 3 fully saturated rings. The molecule has 4 aliphatic carbocycles. The fourth-order valence-electron chi connectivity index (χ4n) is 9.56. The topological polar surface area (TPSA) is 46.5 Å². The highest BCUT2D eigenvalue weighted by Gasteiger charge is 2.68. The first kappa shape index (κ1) is 19.2. The van der Waals surface area contributed by atoms with Crippen LogP contribution in [0.3, 0.4) is 0 Å². The van der Waals surface area contributed by atoms with E-state index in [0.717, 1.165) is 30.8 Å². The summed E-state index contributed by atoms with van der Waals surface area (Å²) in [6.07, 6.45) is 8.97. The van der Waals surface area contributed by atoms with Crippen molar-refractivity contribution in [3.05, 3.63) is 11.1 Å². The number of carbonyl (C=O) groups is 1. The van der Waals surface area contributed by atoms with Gasteiger partial charge < -0.3 is 9.84 Å². The number of hydrogen-bond donors (Lipinski definition) is 1. The van der Waals surface area contributed by atoms with Gasteiger partial charge in [-0.3, -0.25) is 0 Å². The van der Waals surface area contributed by atoms with E-state index in [-0.39, 0.29) is 11.4 Å². The van der Waals surface area contributed by atoms with Gasteiger partial charge in [0, 0.05) is 11.0 Å². The fraction of sp³-hybridized carbons (Fsp3) is 0.880. The van der Waals surface area contributed by atoms with Crippen LogP contribution in [-0.2, 0) is 9.53 Å². The Morgan fingerprint density at radius 3 is 2.39 bits per heavy atom. The highest BCUT2D eigenvalue weighted by atomic mass is 16.5. The summed E-state index contributed by atoms with van der Waals surface area (Å²) in [5.41, 5.74) is 2.50. The maximum atomic E-state index is 12.7. The van der Waals surface area contributed by atoms with Crippen LogP contribution in [0.2, 0.25) is 0 Å². The summed E-state index contributed by atoms with van der Waals surface area (Å²) in [6.45, 7) is 12.7. The number of carbonyl (C=O) groups excluding carboxylic acids is 1. The average Bonchev–Trinajstić information content (AvgIpc) is 2.99. The first-order chi connectivity index (χ1) is 13.0. The summed E-state index contributed by atoms with van der Waals surface area (Å²) < 4.78 is 5.44. The number of ether oxygens (including phenoxy) is 1. The van der Waals surface area contributed by atoms with E-state index in [4.69, 9.17) is 4.74 Å². The summed E-state index contributed by atoms with van der Waals surface area (Å²) in [7, 11) is 0. The van der Waals surface area contributed by atoms with Gasteiger partial charge in [-0.2, -0.15) is 0 Å². The van der Waals surface area contributed by atoms with Crippen molar-refractivity contribution in [3.8, 4) is 0 Å². The molecule has 3 heteroatoms. The van der Waals surface area contributed by atoms with Crippen LogP contribution in [0.25, 0.3) is 0 Å². The lowest BCUT2D eigenvalue weighted by molar-refractivity contribution is -0.217. The highest BCUT2D eigenvalue weighted by Crippen LogP contribution is 2.73. The highest BCUT2D eigenvalue weighted by molar-refractivity contribution is 5.93. The van der Waals surface area contributed by atoms with Crippen LogP contribution in [0.1, 0.15) is 86.0 Å². The van der Waals surface area contributed by atoms with Crippen LogP contribution in [0, 0.1) is 39.4 Å². The molecule has 0 radical (unpaired) electrons. The molecule has 5 rings (SSSR count). The number of hydrogen-bond acceptors (Lipinski definition) is 3. The molecule has 0 aromatic heterocycles. The summed E-state index contributed by atoms with van der Waals surface area (Å²) in [6, 6.07) is 0. The Balaban J connectivity index is 1.60. The standard InChI is InChI=1S/C25H38O3/c1-22(2)10-6-11-23(3)16(22)9-12-24(4)17-8-7-15-14-28-21(27)20(15)25(17,5)19(26)13-18(23)24/h16-19,26H,6-14H2,1-5H3. The number of aliphatic hydroxyl groups is 1. The van der Waals surface area contributed by atoms with Gasteiger partial charge in [0.15, 0.2) is 0 Å². The second-order valence-corrected chi connectivity index (χ2v) is 12.2. The second-order valence-electron chi connectivity index (χ2n) is 12.2. The van der Waals surface area contributed by atoms with E-state index in [0.29, 0.717) is 29.3 Å². The van der Waals surface area contributed by atoms with E-state index in [1.165, 1.54) is 37.7 Å². The zero-order valence-electron chi connectivity index (χ0n) is 18.4. The number of fused-ring (bicyclic) bond motifs is 6. The molecule has 1 heterocycles. The van der Waals surface area contributed by atoms with Gasteiger partial charge >= 0.3 is 5.97 Å². The van der Waals surface area contributed by atoms with Crippen molar-refractivity contribution < 1.29 is 14.6 Å². The molecule has 3 saturated carbocycles. The molecule has 156 valence electrons. The minimum absolute atomic E-state index is 0.151. The largest absolute Gasteiger partial charge is 0.458 e. The molecule has 1 N–H and O–H groups in total. The van der Waals surface area contributed by atoms with Crippen LogP contribution in [-0.4, -0.2) is 23.8 Å². The molecule has 0 bridgehead atoms. The lowest BCUT2D eigenvalue weighted by atomic mass is 9.35. The average molecular weight is 387 g/mol. The van der Waals surface area contributed by atoms with Gasteiger partial charge in [-0.25, -0.2) is 4.79 Å². The van der Waals surface area contributed by atoms with Gasteiger partial charge in [0.25, 0.3) is 0 Å². The minimum Gasteiger partial charge on any atom is -0.458 e. The number of cyclic esters (lactones) is 1. The third-order valence-electron chi connectivity index (χ3n) is 10.7. The monoisotopic (exact) mass is 386 g/mol. The van der Waals surface area contributed by atoms with Crippen molar-refractivity contribution in [1.82, 2.24) is 0 Å². The maximum absolute atomic E-state index is 12.7. The van der Waals surface area contributed by atoms with Crippen molar-refractivity contribution >= 4 is 5.97 Å². The van der Waals surface area contributed by atoms with Crippen LogP contribution < -0.4 is 0 Å². The molecule has 5 aliphatic rings. The van der Waals surface area contributed by atoms with E-state index >= 15 is 0 Å². The molecule has 7 atom stereocenters. The summed E-state index contributed by atoms with van der Waals surface area (Å²) >= 11 is 0. The summed E-state index contributed by atoms with van der Waals surface area (Å²) in [5.74, 6) is 1.52. The molecule has 0 spiro atoms. The lowest BCUT2D eigenvalue weighted by Crippen LogP contribution is -2.65. The minimum atomic E-state index is -0.438. The second kappa shape index (κ2) is 5.65. The Hall–Kier alpha value is -0.830. The lowest BCUT2D eigenvalue weighted by Gasteiger charge is -2.69. The molecule has 3 nitrogen and oxygen atoms in total. The van der Waals surface area contributed by atoms with Gasteiger partial charge in [-0.1, -0.05) is 41.0 Å². The molecule has 1 aliphatic heterocycles. The van der Waals surface area contributed by atoms with Crippen molar-refractivity contribution in [2.24, 2.45) is 39.4 Å². The maximum Gasteiger partial charge on any atom is 0.335 e. The zero-order chi connectivity index (χ0) is 20.1. The molecule has 28 heavy (non-hydrogen) atoms. The van der Waals surface area contributed by atoms with Crippen molar-refractivity contribution in [2.75, 3.05) is 6.61 Å². The summed E-state index contributed by atoms with van der Waals surface area (Å²) in [4.78, 5) is 12.7. The van der Waals surface area contributed by atoms with Gasteiger partial charge in [0.05, 0.1) is 6.10 Å². The molecule has 0 saturated heterocycles. The molecule has 0 aromatic carbocycles. The third kappa shape index (κ3) is 2.13. The van der Waals surface area contributed by atoms with Crippen LogP contribution in [0.5, 0.6) is 0 Å². The Bertz CT molecular complexity index is 751. The summed E-state index contributed by atoms with van der Waals surface area (Å²) in [5, 5.41) is 11.6. The smallest absolute Gasteiger partial charge is 0.335 e. The van der Waals surface area contributed by atoms with Crippen LogP contribution in [0.15, 0.2) is 11.1 Å². The predicted molar refractivity (Wildman–Crippen MR) is 109 cm³/mol. The quantitative estimate of drug-likeness (QED) is 0.577. The first-order valence-corrected chi connectivity index (χ1v) is 11.6. The van der Waals surface area contributed by atoms with Crippen molar-refractivity contribution in [3.63, 3.8) is 0 Å². The van der Waals surface area contributed by atoms with E-state index in [2.05, 4.69) is 34.6 Å². The Labute approximate surface area is 170 Å². The Morgan fingerprint density at radius 1 is 0.929 bits per heavy atom. The Kier molecular flexibility index (Phi) is 3.86. The van der Waals surface area contributed by atoms with E-state index in [9.17, 15) is 9.90 Å². The number of rotatable bonds is 0. The van der Waals surface area contributed by atoms with Gasteiger partial charge in [0.2, 0.25) is 0 Å². The molecule has 0 amide bonds. The van der Waals surface area contributed by atoms with Gasteiger partial charge in [-0.05, 0) is 84.5 Å².